The summed E-state index contributed by atoms with van der Waals surface area (Å²) in [5.74, 6) is -6.55. The highest BCUT2D eigenvalue weighted by atomic mass is 35.5. The molecule has 3 aromatic carbocycles. The summed E-state index contributed by atoms with van der Waals surface area (Å²) in [6.45, 7) is 5.70. The van der Waals surface area contributed by atoms with Crippen LogP contribution in [0.25, 0.3) is 0 Å². The van der Waals surface area contributed by atoms with Crippen molar-refractivity contribution in [1.82, 2.24) is 15.6 Å². The summed E-state index contributed by atoms with van der Waals surface area (Å²) in [5.41, 5.74) is 0.281. The number of esters is 1. The maximum Gasteiger partial charge on any atom is 0.409 e. The van der Waals surface area contributed by atoms with Gasteiger partial charge in [0.2, 0.25) is 11.8 Å². The lowest BCUT2D eigenvalue weighted by molar-refractivity contribution is -0.153. The summed E-state index contributed by atoms with van der Waals surface area (Å²) in [6.07, 6.45) is 3.50. The first-order chi connectivity index (χ1) is 37.7. The fourth-order valence-electron chi connectivity index (χ4n) is 9.83. The first-order valence-corrected chi connectivity index (χ1v) is 27.4. The Kier molecular flexibility index (Phi) is 19.0. The standard InChI is InChI=1S/C55H62ClFN6O16S/c1-30-10-9-11-37(29-65)55(73)27-42(77-53(72)59-55)31(2)51-54(4,79-51)44(26-48(69)62(5)41-22-33(20-30)21-36(28-64)50(41)56)78-49(70)24-35-14-13-34(23-40(35)57)32(3)60-61-52(71)39-16-15-38(25-43(39)80(74,75)76)58-45(66)12-7-6-8-19-63-46(67)17-18-47(63)68/h9-11,13-18,21-23,25,31,37,42,44,51,64-65,73H,6-8,12,19-20,24,26-29H2,1-5H3,(H,58,66)(H,59,72)(H,61,71)(H,74,75,76)/b11-9+,30-10+,60-32+/t31-,37+,42+,44+,51+,54+,55+/m1/s1. The Labute approximate surface area is 465 Å². The summed E-state index contributed by atoms with van der Waals surface area (Å²) in [7, 11) is -3.58. The van der Waals surface area contributed by atoms with Gasteiger partial charge >= 0.3 is 12.1 Å². The lowest BCUT2D eigenvalue weighted by Crippen LogP contribution is -2.62. The molecule has 0 aliphatic carbocycles. The second-order valence-corrected chi connectivity index (χ2v) is 22.1. The normalized spacial score (nSPS) is 25.5. The van der Waals surface area contributed by atoms with Gasteiger partial charge in [0.05, 0.1) is 54.1 Å². The van der Waals surface area contributed by atoms with Gasteiger partial charge in [-0.25, -0.2) is 14.6 Å². The van der Waals surface area contributed by atoms with Crippen molar-refractivity contribution >= 4 is 80.4 Å². The molecule has 7 rings (SSSR count). The minimum Gasteiger partial charge on any atom is -0.458 e. The first kappa shape index (κ1) is 60.5. The Balaban J connectivity index is 1.04. The maximum atomic E-state index is 15.9. The number of aliphatic hydroxyl groups is 3. The SMILES string of the molecule is C/C1=C\C=C\[C@@H](CO)[C@@]2(O)C[C@H](OC(=O)N2)[C@@H](C)[C@@H]2O[C@@]2(C)[C@@H](OC(=O)Cc2ccc(/C(C)=N/NC(=O)c3ccc(NC(=O)CCCCCN4C(=O)C=CC4=O)cc3S(=O)(=O)O)cc2F)CC(=O)N(C)c2cc(cc(CO)c2Cl)C1. The molecule has 4 aliphatic heterocycles. The number of unbranched alkanes of at least 4 members (excludes halogenated alkanes) is 2. The van der Waals surface area contributed by atoms with Crippen LogP contribution in [-0.4, -0.2) is 130 Å². The molecule has 2 saturated heterocycles. The number of nitrogens with zero attached hydrogens (tertiary/aromatic N) is 3. The van der Waals surface area contributed by atoms with E-state index >= 15 is 4.39 Å². The molecule has 4 bridgehead atoms. The monoisotopic (exact) mass is 1150 g/mol. The summed E-state index contributed by atoms with van der Waals surface area (Å²) < 4.78 is 68.6. The van der Waals surface area contributed by atoms with Gasteiger partial charge in [0.25, 0.3) is 27.8 Å². The Morgan fingerprint density at radius 2 is 1.74 bits per heavy atom. The second kappa shape index (κ2) is 25.1. The highest BCUT2D eigenvalue weighted by molar-refractivity contribution is 7.86. The number of benzene rings is 3. The van der Waals surface area contributed by atoms with Gasteiger partial charge in [-0.2, -0.15) is 13.5 Å². The molecular formula is C55H62ClFN6O16S. The van der Waals surface area contributed by atoms with Gasteiger partial charge in [-0.1, -0.05) is 66.9 Å². The fourth-order valence-corrected chi connectivity index (χ4v) is 10.8. The molecule has 25 heteroatoms. The Morgan fingerprint density at radius 3 is 2.41 bits per heavy atom. The highest BCUT2D eigenvalue weighted by Gasteiger charge is 2.64. The molecule has 0 unspecified atom stereocenters. The zero-order valence-electron chi connectivity index (χ0n) is 44.4. The predicted molar refractivity (Wildman–Crippen MR) is 287 cm³/mol. The van der Waals surface area contributed by atoms with Crippen LogP contribution in [0.4, 0.5) is 20.6 Å². The van der Waals surface area contributed by atoms with Crippen LogP contribution in [0, 0.1) is 17.7 Å². The van der Waals surface area contributed by atoms with E-state index in [1.54, 1.807) is 44.2 Å². The molecule has 428 valence electrons. The van der Waals surface area contributed by atoms with E-state index in [0.29, 0.717) is 36.8 Å². The smallest absolute Gasteiger partial charge is 0.409 e. The number of carbonyl (C=O) groups excluding carboxylic acids is 7. The number of hydrogen-bond acceptors (Lipinski definition) is 16. The van der Waals surface area contributed by atoms with E-state index in [1.165, 1.54) is 49.2 Å². The average molecular weight is 1150 g/mol. The third-order valence-electron chi connectivity index (χ3n) is 14.5. The summed E-state index contributed by atoms with van der Waals surface area (Å²) in [6, 6.07) is 10.2. The second-order valence-electron chi connectivity index (χ2n) is 20.4. The molecule has 0 spiro atoms. The van der Waals surface area contributed by atoms with Crippen molar-refractivity contribution in [2.75, 3.05) is 30.4 Å². The van der Waals surface area contributed by atoms with Gasteiger partial charge in [-0.3, -0.25) is 43.5 Å². The van der Waals surface area contributed by atoms with E-state index in [0.717, 1.165) is 28.7 Å². The van der Waals surface area contributed by atoms with Gasteiger partial charge in [0.1, 0.15) is 28.5 Å². The quantitative estimate of drug-likeness (QED) is 0.0190. The van der Waals surface area contributed by atoms with Crippen LogP contribution < -0.4 is 21.0 Å². The number of rotatable bonds is 16. The number of carbonyl (C=O) groups is 7. The highest BCUT2D eigenvalue weighted by Crippen LogP contribution is 2.49. The third-order valence-corrected chi connectivity index (χ3v) is 15.9. The number of fused-ring (bicyclic) bond motifs is 5. The number of alkyl carbamates (subject to hydrolysis) is 1. The Morgan fingerprint density at radius 1 is 1.01 bits per heavy atom. The Bertz CT molecular complexity index is 3210. The van der Waals surface area contributed by atoms with Gasteiger partial charge in [-0.15, -0.1) is 0 Å². The van der Waals surface area contributed by atoms with E-state index < -0.39 is 136 Å². The van der Waals surface area contributed by atoms with Crippen LogP contribution in [0.15, 0.2) is 94.5 Å². The van der Waals surface area contributed by atoms with Crippen LogP contribution >= 0.6 is 11.6 Å². The molecule has 6 amide bonds. The van der Waals surface area contributed by atoms with Crippen LogP contribution in [-0.2, 0) is 67.7 Å². The van der Waals surface area contributed by atoms with Crippen molar-refractivity contribution in [3.8, 4) is 0 Å². The molecule has 0 radical (unpaired) electrons. The van der Waals surface area contributed by atoms with Crippen LogP contribution in [0.3, 0.4) is 0 Å². The average Bonchev–Trinajstić information content (AvgIpc) is 4.24. The van der Waals surface area contributed by atoms with Gasteiger partial charge in [0.15, 0.2) is 5.72 Å². The van der Waals surface area contributed by atoms with Crippen molar-refractivity contribution in [2.45, 2.75) is 120 Å². The molecule has 0 saturated carbocycles. The lowest BCUT2D eigenvalue weighted by atomic mass is 9.81. The number of nitrogens with one attached hydrogen (secondary N) is 3. The van der Waals surface area contributed by atoms with E-state index in [4.69, 9.17) is 25.8 Å². The number of amides is 6. The molecule has 7 atom stereocenters. The minimum absolute atomic E-state index is 0.000469. The van der Waals surface area contributed by atoms with Crippen LogP contribution in [0.2, 0.25) is 5.02 Å². The number of hydrazone groups is 1. The van der Waals surface area contributed by atoms with Gasteiger partial charge in [0, 0.05) is 61.7 Å². The van der Waals surface area contributed by atoms with Crippen molar-refractivity contribution in [2.24, 2.45) is 16.9 Å². The number of hydrogen-bond donors (Lipinski definition) is 7. The van der Waals surface area contributed by atoms with E-state index in [9.17, 15) is 61.9 Å². The molecule has 0 aromatic heterocycles. The number of aliphatic hydroxyl groups excluding tert-OH is 2. The molecular weight excluding hydrogens is 1090 g/mol. The number of epoxide rings is 1. The molecule has 4 heterocycles. The number of allylic oxidation sites excluding steroid dienone is 3. The van der Waals surface area contributed by atoms with Gasteiger partial charge < -0.3 is 39.7 Å². The Hall–Kier alpha value is -7.19. The zero-order chi connectivity index (χ0) is 58.4. The van der Waals surface area contributed by atoms with E-state index in [1.807, 2.05) is 6.92 Å². The molecule has 7 N–H and O–H groups in total. The molecule has 4 aliphatic rings. The molecule has 3 aromatic rings. The van der Waals surface area contributed by atoms with E-state index in [-0.39, 0.29) is 52.6 Å². The fraction of sp³-hybridized carbons (Fsp3) is 0.418. The summed E-state index contributed by atoms with van der Waals surface area (Å²) in [5, 5.41) is 41.5. The third kappa shape index (κ3) is 14.2. The lowest BCUT2D eigenvalue weighted by Gasteiger charge is -2.42. The summed E-state index contributed by atoms with van der Waals surface area (Å²) in [4.78, 5) is 92.0. The van der Waals surface area contributed by atoms with Crippen molar-refractivity contribution in [1.29, 1.82) is 0 Å². The predicted octanol–water partition coefficient (Wildman–Crippen LogP) is 4.95. The van der Waals surface area contributed by atoms with Gasteiger partial charge in [-0.05, 0) is 87.1 Å². The zero-order valence-corrected chi connectivity index (χ0v) is 45.9. The van der Waals surface area contributed by atoms with Crippen molar-refractivity contribution < 1.29 is 80.5 Å². The van der Waals surface area contributed by atoms with Crippen molar-refractivity contribution in [3.63, 3.8) is 0 Å². The van der Waals surface area contributed by atoms with Crippen LogP contribution in [0.5, 0.6) is 0 Å². The molecule has 2 fully saturated rings. The number of halogens is 2. The van der Waals surface area contributed by atoms with Crippen LogP contribution in [0.1, 0.15) is 98.8 Å². The largest absolute Gasteiger partial charge is 0.458 e. The molecule has 80 heavy (non-hydrogen) atoms. The minimum atomic E-state index is -5.04. The topological polar surface area (TPSA) is 320 Å². The molecule has 22 nitrogen and oxygen atoms in total. The number of imide groups is 1. The van der Waals surface area contributed by atoms with E-state index in [2.05, 4.69) is 21.2 Å². The number of ether oxygens (including phenoxy) is 3. The summed E-state index contributed by atoms with van der Waals surface area (Å²) >= 11 is 6.75. The maximum absolute atomic E-state index is 15.9. The number of anilines is 2. The first-order valence-electron chi connectivity index (χ1n) is 25.6. The van der Waals surface area contributed by atoms with Crippen molar-refractivity contribution in [3.05, 3.63) is 123 Å².